The third-order valence-electron chi connectivity index (χ3n) is 2.82. The molecule has 2 aromatic heterocycles. The Kier molecular flexibility index (Phi) is 3.01. The number of aryl methyl sites for hydroxylation is 1. The normalized spacial score (nSPS) is 13.1. The Hall–Kier alpha value is -1.10. The number of furan rings is 1. The summed E-state index contributed by atoms with van der Waals surface area (Å²) < 4.78 is 6.67. The number of thiophene rings is 1. The van der Waals surface area contributed by atoms with Gasteiger partial charge >= 0.3 is 0 Å². The maximum Gasteiger partial charge on any atom is 0.146 e. The van der Waals surface area contributed by atoms with Crippen LogP contribution in [0, 0.1) is 6.92 Å². The van der Waals surface area contributed by atoms with E-state index in [0.717, 1.165) is 20.3 Å². The first-order chi connectivity index (χ1) is 8.63. The largest absolute Gasteiger partial charge is 0.458 e. The molecule has 18 heavy (non-hydrogen) atoms. The van der Waals surface area contributed by atoms with E-state index in [-0.39, 0.29) is 0 Å². The molecule has 0 radical (unpaired) electrons. The summed E-state index contributed by atoms with van der Waals surface area (Å²) in [5.41, 5.74) is 1.99. The molecule has 0 aliphatic heterocycles. The molecule has 92 valence electrons. The van der Waals surface area contributed by atoms with Crippen LogP contribution in [0.3, 0.4) is 0 Å². The summed E-state index contributed by atoms with van der Waals surface area (Å²) in [7, 11) is 0. The van der Waals surface area contributed by atoms with Crippen LogP contribution in [0.5, 0.6) is 0 Å². The van der Waals surface area contributed by atoms with Gasteiger partial charge in [0.2, 0.25) is 0 Å². The Morgan fingerprint density at radius 2 is 2.11 bits per heavy atom. The second kappa shape index (κ2) is 4.53. The van der Waals surface area contributed by atoms with Gasteiger partial charge in [0.25, 0.3) is 0 Å². The lowest BCUT2D eigenvalue weighted by Crippen LogP contribution is -1.93. The lowest BCUT2D eigenvalue weighted by Gasteiger charge is -2.03. The third-order valence-corrected chi connectivity index (χ3v) is 4.56. The topological polar surface area (TPSA) is 33.4 Å². The minimum atomic E-state index is -0.700. The first kappa shape index (κ1) is 12.0. The molecule has 0 aliphatic rings. The van der Waals surface area contributed by atoms with E-state index in [1.54, 1.807) is 0 Å². The number of hydrogen-bond donors (Lipinski definition) is 1. The van der Waals surface area contributed by atoms with Crippen LogP contribution >= 0.6 is 27.3 Å². The molecule has 1 N–H and O–H groups in total. The lowest BCUT2D eigenvalue weighted by molar-refractivity contribution is 0.196. The van der Waals surface area contributed by atoms with Gasteiger partial charge in [-0.25, -0.2) is 0 Å². The summed E-state index contributed by atoms with van der Waals surface area (Å²) in [6.45, 7) is 2.04. The van der Waals surface area contributed by atoms with Gasteiger partial charge in [-0.2, -0.15) is 0 Å². The quantitative estimate of drug-likeness (QED) is 0.745. The number of aliphatic hydroxyl groups is 1. The van der Waals surface area contributed by atoms with E-state index in [1.807, 2.05) is 36.6 Å². The number of halogens is 1. The minimum absolute atomic E-state index is 0.588. The molecular formula is C14H11BrO2S. The second-order valence-electron chi connectivity index (χ2n) is 4.26. The molecule has 2 nitrogen and oxygen atoms in total. The summed E-state index contributed by atoms with van der Waals surface area (Å²) >= 11 is 4.89. The molecule has 0 amide bonds. The van der Waals surface area contributed by atoms with Crippen molar-refractivity contribution < 1.29 is 9.52 Å². The van der Waals surface area contributed by atoms with E-state index < -0.39 is 6.10 Å². The molecule has 4 heteroatoms. The predicted molar refractivity (Wildman–Crippen MR) is 77.0 cm³/mol. The molecule has 0 bridgehead atoms. The molecule has 0 saturated carbocycles. The van der Waals surface area contributed by atoms with Crippen molar-refractivity contribution in [2.75, 3.05) is 0 Å². The number of benzene rings is 1. The molecule has 0 saturated heterocycles. The first-order valence-electron chi connectivity index (χ1n) is 5.55. The van der Waals surface area contributed by atoms with Crippen molar-refractivity contribution in [3.8, 4) is 0 Å². The average molecular weight is 323 g/mol. The smallest absolute Gasteiger partial charge is 0.146 e. The summed E-state index contributed by atoms with van der Waals surface area (Å²) in [5, 5.41) is 13.2. The van der Waals surface area contributed by atoms with Gasteiger partial charge in [0.05, 0.1) is 0 Å². The molecule has 1 atom stereocenters. The summed E-state index contributed by atoms with van der Waals surface area (Å²) in [5.74, 6) is 0.588. The molecule has 2 heterocycles. The fraction of sp³-hybridized carbons (Fsp3) is 0.143. The SMILES string of the molecule is Cc1ccc2oc(C(O)c3cc(Br)cs3)cc2c1. The van der Waals surface area contributed by atoms with E-state index in [4.69, 9.17) is 4.42 Å². The zero-order chi connectivity index (χ0) is 12.7. The molecule has 1 unspecified atom stereocenters. The van der Waals surface area contributed by atoms with Gasteiger partial charge < -0.3 is 9.52 Å². The maximum absolute atomic E-state index is 10.3. The molecule has 0 spiro atoms. The van der Waals surface area contributed by atoms with Crippen molar-refractivity contribution in [3.63, 3.8) is 0 Å². The van der Waals surface area contributed by atoms with Crippen molar-refractivity contribution in [2.45, 2.75) is 13.0 Å². The van der Waals surface area contributed by atoms with Gasteiger partial charge in [-0.15, -0.1) is 11.3 Å². The fourth-order valence-electron chi connectivity index (χ4n) is 1.93. The van der Waals surface area contributed by atoms with Crippen LogP contribution in [-0.4, -0.2) is 5.11 Å². The van der Waals surface area contributed by atoms with E-state index in [0.29, 0.717) is 5.76 Å². The van der Waals surface area contributed by atoms with Crippen molar-refractivity contribution in [1.82, 2.24) is 0 Å². The van der Waals surface area contributed by atoms with E-state index in [9.17, 15) is 5.11 Å². The van der Waals surface area contributed by atoms with Crippen molar-refractivity contribution >= 4 is 38.2 Å². The molecule has 0 fully saturated rings. The van der Waals surface area contributed by atoms with Gasteiger partial charge in [0.1, 0.15) is 17.4 Å². The van der Waals surface area contributed by atoms with Crippen LogP contribution in [0.1, 0.15) is 22.3 Å². The van der Waals surface area contributed by atoms with Gasteiger partial charge in [-0.1, -0.05) is 11.6 Å². The Morgan fingerprint density at radius 3 is 2.83 bits per heavy atom. The van der Waals surface area contributed by atoms with Crippen LogP contribution in [-0.2, 0) is 0 Å². The monoisotopic (exact) mass is 322 g/mol. The number of aliphatic hydroxyl groups excluding tert-OH is 1. The fourth-order valence-corrected chi connectivity index (χ4v) is 3.37. The first-order valence-corrected chi connectivity index (χ1v) is 7.23. The molecule has 1 aromatic carbocycles. The Labute approximate surface area is 117 Å². The molecular weight excluding hydrogens is 312 g/mol. The van der Waals surface area contributed by atoms with Crippen LogP contribution in [0.2, 0.25) is 0 Å². The van der Waals surface area contributed by atoms with Crippen LogP contribution in [0.15, 0.2) is 44.6 Å². The highest BCUT2D eigenvalue weighted by Gasteiger charge is 2.17. The Bertz CT molecular complexity index is 699. The molecule has 3 aromatic rings. The van der Waals surface area contributed by atoms with Crippen LogP contribution in [0.25, 0.3) is 11.0 Å². The summed E-state index contributed by atoms with van der Waals surface area (Å²) in [4.78, 5) is 0.873. The number of fused-ring (bicyclic) bond motifs is 1. The Balaban J connectivity index is 2.03. The zero-order valence-corrected chi connectivity index (χ0v) is 12.1. The van der Waals surface area contributed by atoms with E-state index in [2.05, 4.69) is 22.0 Å². The highest BCUT2D eigenvalue weighted by molar-refractivity contribution is 9.10. The maximum atomic E-state index is 10.3. The third kappa shape index (κ3) is 2.11. The van der Waals surface area contributed by atoms with Gasteiger partial charge in [0, 0.05) is 20.1 Å². The highest BCUT2D eigenvalue weighted by Crippen LogP contribution is 2.33. The summed E-state index contributed by atoms with van der Waals surface area (Å²) in [6.07, 6.45) is -0.700. The standard InChI is InChI=1S/C14H11BrO2S/c1-8-2-3-11-9(4-8)5-12(17-11)14(16)13-6-10(15)7-18-13/h2-7,14,16H,1H3. The Morgan fingerprint density at radius 1 is 1.28 bits per heavy atom. The zero-order valence-electron chi connectivity index (χ0n) is 9.68. The second-order valence-corrected chi connectivity index (χ2v) is 6.12. The lowest BCUT2D eigenvalue weighted by atomic mass is 10.1. The van der Waals surface area contributed by atoms with Gasteiger partial charge in [-0.3, -0.25) is 0 Å². The number of hydrogen-bond acceptors (Lipinski definition) is 3. The minimum Gasteiger partial charge on any atom is -0.458 e. The highest BCUT2D eigenvalue weighted by atomic mass is 79.9. The van der Waals surface area contributed by atoms with E-state index in [1.165, 1.54) is 16.9 Å². The van der Waals surface area contributed by atoms with Crippen LogP contribution in [0.4, 0.5) is 0 Å². The van der Waals surface area contributed by atoms with Crippen molar-refractivity contribution in [2.24, 2.45) is 0 Å². The number of rotatable bonds is 2. The van der Waals surface area contributed by atoms with Gasteiger partial charge in [-0.05, 0) is 47.1 Å². The molecule has 0 aliphatic carbocycles. The predicted octanol–water partition coefficient (Wildman–Crippen LogP) is 4.65. The van der Waals surface area contributed by atoms with Crippen LogP contribution < -0.4 is 0 Å². The van der Waals surface area contributed by atoms with Crippen molar-refractivity contribution in [3.05, 3.63) is 56.4 Å². The van der Waals surface area contributed by atoms with Gasteiger partial charge in [0.15, 0.2) is 0 Å². The van der Waals surface area contributed by atoms with Crippen molar-refractivity contribution in [1.29, 1.82) is 0 Å². The van der Waals surface area contributed by atoms with E-state index >= 15 is 0 Å². The summed E-state index contributed by atoms with van der Waals surface area (Å²) in [6, 6.07) is 9.81. The average Bonchev–Trinajstić information content (AvgIpc) is 2.93. The molecule has 3 rings (SSSR count).